The van der Waals surface area contributed by atoms with Crippen LogP contribution in [0, 0.1) is 11.2 Å². The first-order chi connectivity index (χ1) is 13.6. The van der Waals surface area contributed by atoms with Crippen LogP contribution >= 0.6 is 0 Å². The van der Waals surface area contributed by atoms with Crippen molar-refractivity contribution in [3.63, 3.8) is 0 Å². The van der Waals surface area contributed by atoms with Crippen LogP contribution in [0.4, 0.5) is 22.4 Å². The van der Waals surface area contributed by atoms with Gasteiger partial charge in [0.1, 0.15) is 16.3 Å². The van der Waals surface area contributed by atoms with E-state index in [1.165, 1.54) is 0 Å². The molecule has 0 atom stereocenters. The molecule has 30 heavy (non-hydrogen) atoms. The molecule has 3 rings (SSSR count). The van der Waals surface area contributed by atoms with Gasteiger partial charge in [-0.15, -0.1) is 0 Å². The zero-order valence-corrected chi connectivity index (χ0v) is 17.7. The molecule has 1 aromatic carbocycles. The van der Waals surface area contributed by atoms with Crippen molar-refractivity contribution in [2.75, 3.05) is 26.2 Å². The third-order valence-electron chi connectivity index (χ3n) is 5.36. The molecular formula is C19H24F4N2O4S. The van der Waals surface area contributed by atoms with Crippen LogP contribution in [0.3, 0.4) is 0 Å². The lowest BCUT2D eigenvalue weighted by Gasteiger charge is -2.53. The molecule has 0 saturated carbocycles. The van der Waals surface area contributed by atoms with Gasteiger partial charge in [-0.1, -0.05) is 0 Å². The summed E-state index contributed by atoms with van der Waals surface area (Å²) in [5.41, 5.74) is -2.07. The van der Waals surface area contributed by atoms with E-state index in [1.807, 2.05) is 0 Å². The van der Waals surface area contributed by atoms with Gasteiger partial charge in [0.15, 0.2) is 0 Å². The second-order valence-corrected chi connectivity index (χ2v) is 10.8. The van der Waals surface area contributed by atoms with E-state index >= 15 is 0 Å². The summed E-state index contributed by atoms with van der Waals surface area (Å²) in [5.74, 6) is -1.43. The largest absolute Gasteiger partial charge is 0.444 e. The highest BCUT2D eigenvalue weighted by molar-refractivity contribution is 7.89. The normalized spacial score (nSPS) is 20.2. The first kappa shape index (κ1) is 22.8. The molecular weight excluding hydrogens is 428 g/mol. The predicted molar refractivity (Wildman–Crippen MR) is 99.6 cm³/mol. The summed E-state index contributed by atoms with van der Waals surface area (Å²) >= 11 is 0. The van der Waals surface area contributed by atoms with Gasteiger partial charge in [0.25, 0.3) is 0 Å². The van der Waals surface area contributed by atoms with Crippen molar-refractivity contribution in [1.82, 2.24) is 9.21 Å². The van der Waals surface area contributed by atoms with Crippen molar-refractivity contribution in [3.8, 4) is 0 Å². The molecule has 6 nitrogen and oxygen atoms in total. The SMILES string of the molecule is CC(C)(C)OC(=O)N1CC2(CCN(S(=O)(=O)c3ccc(C(F)(F)F)cc3F)CC2)C1. The van der Waals surface area contributed by atoms with Gasteiger partial charge in [-0.25, -0.2) is 17.6 Å². The molecule has 0 N–H and O–H groups in total. The van der Waals surface area contributed by atoms with Crippen molar-refractivity contribution in [1.29, 1.82) is 0 Å². The molecule has 1 amide bonds. The number of piperidine rings is 1. The molecule has 2 fully saturated rings. The molecule has 1 aromatic rings. The number of carbonyl (C=O) groups is 1. The third-order valence-corrected chi connectivity index (χ3v) is 7.30. The lowest BCUT2D eigenvalue weighted by molar-refractivity contribution is -0.137. The molecule has 2 aliphatic rings. The van der Waals surface area contributed by atoms with Crippen molar-refractivity contribution in [2.45, 2.75) is 50.3 Å². The van der Waals surface area contributed by atoms with Crippen LogP contribution in [0.2, 0.25) is 0 Å². The van der Waals surface area contributed by atoms with E-state index < -0.39 is 44.2 Å². The molecule has 0 aromatic heterocycles. The van der Waals surface area contributed by atoms with Crippen molar-refractivity contribution in [3.05, 3.63) is 29.6 Å². The number of alkyl halides is 3. The Morgan fingerprint density at radius 3 is 2.13 bits per heavy atom. The fourth-order valence-electron chi connectivity index (χ4n) is 3.76. The van der Waals surface area contributed by atoms with Gasteiger partial charge >= 0.3 is 12.3 Å². The lowest BCUT2D eigenvalue weighted by Crippen LogP contribution is -2.62. The summed E-state index contributed by atoms with van der Waals surface area (Å²) in [5, 5.41) is 0. The Balaban J connectivity index is 1.64. The number of amides is 1. The van der Waals surface area contributed by atoms with Gasteiger partial charge in [-0.05, 0) is 51.8 Å². The van der Waals surface area contributed by atoms with Gasteiger partial charge in [0.2, 0.25) is 10.0 Å². The molecule has 0 aliphatic carbocycles. The summed E-state index contributed by atoms with van der Waals surface area (Å²) in [6.07, 6.45) is -4.25. The number of hydrogen-bond donors (Lipinski definition) is 0. The smallest absolute Gasteiger partial charge is 0.416 e. The van der Waals surface area contributed by atoms with Crippen molar-refractivity contribution < 1.29 is 35.5 Å². The average molecular weight is 452 g/mol. The van der Waals surface area contributed by atoms with Gasteiger partial charge in [0, 0.05) is 31.6 Å². The molecule has 0 radical (unpaired) electrons. The lowest BCUT2D eigenvalue weighted by atomic mass is 9.72. The van der Waals surface area contributed by atoms with Crippen LogP contribution in [-0.2, 0) is 20.9 Å². The summed E-state index contributed by atoms with van der Waals surface area (Å²) in [6.45, 7) is 6.41. The summed E-state index contributed by atoms with van der Waals surface area (Å²) in [6, 6.07) is 1.42. The van der Waals surface area contributed by atoms with E-state index in [1.54, 1.807) is 25.7 Å². The minimum absolute atomic E-state index is 0.102. The average Bonchev–Trinajstić information content (AvgIpc) is 2.57. The molecule has 2 heterocycles. The predicted octanol–water partition coefficient (Wildman–Crippen LogP) is 3.87. The zero-order chi connectivity index (χ0) is 22.5. The molecule has 1 spiro atoms. The number of ether oxygens (including phenoxy) is 1. The van der Waals surface area contributed by atoms with Crippen LogP contribution < -0.4 is 0 Å². The van der Waals surface area contributed by atoms with E-state index in [9.17, 15) is 30.8 Å². The molecule has 2 aliphatic heterocycles. The molecule has 11 heteroatoms. The molecule has 0 unspecified atom stereocenters. The van der Waals surface area contributed by atoms with Crippen molar-refractivity contribution in [2.24, 2.45) is 5.41 Å². The van der Waals surface area contributed by atoms with E-state index in [2.05, 4.69) is 0 Å². The first-order valence-electron chi connectivity index (χ1n) is 9.48. The van der Waals surface area contributed by atoms with Gasteiger partial charge in [0.05, 0.1) is 5.56 Å². The first-order valence-corrected chi connectivity index (χ1v) is 10.9. The third kappa shape index (κ3) is 4.56. The Labute approximate surface area is 172 Å². The fraction of sp³-hybridized carbons (Fsp3) is 0.632. The van der Waals surface area contributed by atoms with E-state index in [0.29, 0.717) is 38.1 Å². The Kier molecular flexibility index (Phi) is 5.60. The highest BCUT2D eigenvalue weighted by Crippen LogP contribution is 2.42. The fourth-order valence-corrected chi connectivity index (χ4v) is 5.25. The Bertz CT molecular complexity index is 925. The Morgan fingerprint density at radius 2 is 1.67 bits per heavy atom. The maximum Gasteiger partial charge on any atom is 0.416 e. The van der Waals surface area contributed by atoms with Crippen LogP contribution in [0.25, 0.3) is 0 Å². The van der Waals surface area contributed by atoms with Crippen LogP contribution in [0.5, 0.6) is 0 Å². The number of halogens is 4. The number of nitrogens with zero attached hydrogens (tertiary/aromatic N) is 2. The van der Waals surface area contributed by atoms with Crippen LogP contribution in [0.15, 0.2) is 23.1 Å². The van der Waals surface area contributed by atoms with Gasteiger partial charge in [-0.3, -0.25) is 0 Å². The monoisotopic (exact) mass is 452 g/mol. The van der Waals surface area contributed by atoms with E-state index in [4.69, 9.17) is 4.74 Å². The zero-order valence-electron chi connectivity index (χ0n) is 16.9. The van der Waals surface area contributed by atoms with Gasteiger partial charge < -0.3 is 9.64 Å². The second-order valence-electron chi connectivity index (χ2n) is 8.88. The van der Waals surface area contributed by atoms with Crippen molar-refractivity contribution >= 4 is 16.1 Å². The maximum atomic E-state index is 14.2. The number of sulfonamides is 1. The van der Waals surface area contributed by atoms with E-state index in [-0.39, 0.29) is 24.6 Å². The molecule has 2 saturated heterocycles. The molecule has 0 bridgehead atoms. The Hall–Kier alpha value is -1.88. The van der Waals surface area contributed by atoms with E-state index in [0.717, 1.165) is 4.31 Å². The second kappa shape index (κ2) is 7.37. The number of rotatable bonds is 2. The standard InChI is InChI=1S/C19H24F4N2O4S/c1-17(2,3)29-16(26)24-11-18(12-24)6-8-25(9-7-18)30(27,28)15-5-4-13(10-14(15)20)19(21,22)23/h4-5,10H,6-9,11-12H2,1-3H3. The number of hydrogen-bond acceptors (Lipinski definition) is 4. The highest BCUT2D eigenvalue weighted by Gasteiger charge is 2.49. The molecule has 168 valence electrons. The van der Waals surface area contributed by atoms with Gasteiger partial charge in [-0.2, -0.15) is 17.5 Å². The van der Waals surface area contributed by atoms with Crippen LogP contribution in [-0.4, -0.2) is 55.5 Å². The minimum Gasteiger partial charge on any atom is -0.444 e. The summed E-state index contributed by atoms with van der Waals surface area (Å²) in [7, 11) is -4.26. The summed E-state index contributed by atoms with van der Waals surface area (Å²) < 4.78 is 84.1. The minimum atomic E-state index is -4.76. The topological polar surface area (TPSA) is 66.9 Å². The quantitative estimate of drug-likeness (QED) is 0.639. The number of likely N-dealkylation sites (tertiary alicyclic amines) is 1. The number of carbonyl (C=O) groups excluding carboxylic acids is 1. The van der Waals surface area contributed by atoms with Crippen LogP contribution in [0.1, 0.15) is 39.2 Å². The highest BCUT2D eigenvalue weighted by atomic mass is 32.2. The summed E-state index contributed by atoms with van der Waals surface area (Å²) in [4.78, 5) is 12.9. The maximum absolute atomic E-state index is 14.2. The number of benzene rings is 1. The Morgan fingerprint density at radius 1 is 1.10 bits per heavy atom.